The molecule has 0 amide bonds. The van der Waals surface area contributed by atoms with Gasteiger partial charge in [0.1, 0.15) is 5.54 Å². The number of rotatable bonds is 4. The topological polar surface area (TPSA) is 52.3 Å². The number of esters is 1. The molecule has 0 heterocycles. The molecule has 1 aliphatic rings. The maximum absolute atomic E-state index is 12.0. The van der Waals surface area contributed by atoms with Crippen molar-refractivity contribution in [2.45, 2.75) is 44.1 Å². The zero-order valence-electron chi connectivity index (χ0n) is 11.6. The number of nitrogens with two attached hydrogens (primary N) is 1. The highest BCUT2D eigenvalue weighted by Gasteiger charge is 2.44. The summed E-state index contributed by atoms with van der Waals surface area (Å²) in [6.07, 6.45) is 5.89. The smallest absolute Gasteiger partial charge is 0.326 e. The van der Waals surface area contributed by atoms with E-state index in [9.17, 15) is 4.79 Å². The Morgan fingerprint density at radius 1 is 1.37 bits per heavy atom. The van der Waals surface area contributed by atoms with Crippen LogP contribution in [0.15, 0.2) is 30.3 Å². The molecule has 2 unspecified atom stereocenters. The summed E-state index contributed by atoms with van der Waals surface area (Å²) < 4.78 is 4.91. The van der Waals surface area contributed by atoms with Gasteiger partial charge in [-0.05, 0) is 37.2 Å². The molecule has 2 atom stereocenters. The quantitative estimate of drug-likeness (QED) is 0.848. The molecule has 1 aromatic rings. The van der Waals surface area contributed by atoms with Gasteiger partial charge in [0, 0.05) is 0 Å². The summed E-state index contributed by atoms with van der Waals surface area (Å²) in [4.78, 5) is 12.0. The van der Waals surface area contributed by atoms with Crippen molar-refractivity contribution in [2.75, 3.05) is 7.11 Å². The molecule has 19 heavy (non-hydrogen) atoms. The van der Waals surface area contributed by atoms with E-state index in [1.54, 1.807) is 0 Å². The summed E-state index contributed by atoms with van der Waals surface area (Å²) >= 11 is 0. The van der Waals surface area contributed by atoms with Gasteiger partial charge in [0.2, 0.25) is 0 Å². The summed E-state index contributed by atoms with van der Waals surface area (Å²) in [7, 11) is 1.43. The third-order valence-corrected chi connectivity index (χ3v) is 4.31. The largest absolute Gasteiger partial charge is 0.468 e. The maximum atomic E-state index is 12.0. The number of ether oxygens (including phenoxy) is 1. The second-order valence-electron chi connectivity index (χ2n) is 5.50. The van der Waals surface area contributed by atoms with Gasteiger partial charge in [-0.2, -0.15) is 0 Å². The van der Waals surface area contributed by atoms with Gasteiger partial charge in [-0.25, -0.2) is 0 Å². The van der Waals surface area contributed by atoms with Gasteiger partial charge in [-0.1, -0.05) is 43.2 Å². The van der Waals surface area contributed by atoms with Gasteiger partial charge in [-0.15, -0.1) is 0 Å². The van der Waals surface area contributed by atoms with E-state index >= 15 is 0 Å². The standard InChI is InChI=1S/C16H23NO2/c1-19-15(18)16(17)12-6-5-9-14(16)11-10-13-7-3-2-4-8-13/h2-4,7-8,14H,5-6,9-12,17H2,1H3. The molecule has 0 saturated heterocycles. The minimum absolute atomic E-state index is 0.230. The number of aryl methyl sites for hydroxylation is 1. The van der Waals surface area contributed by atoms with Crippen LogP contribution in [0.25, 0.3) is 0 Å². The van der Waals surface area contributed by atoms with Crippen molar-refractivity contribution < 1.29 is 9.53 Å². The van der Waals surface area contributed by atoms with Crippen LogP contribution < -0.4 is 5.73 Å². The Labute approximate surface area is 115 Å². The fraction of sp³-hybridized carbons (Fsp3) is 0.562. The van der Waals surface area contributed by atoms with Crippen LogP contribution in [-0.4, -0.2) is 18.6 Å². The molecule has 1 saturated carbocycles. The molecule has 0 bridgehead atoms. The number of benzene rings is 1. The summed E-state index contributed by atoms with van der Waals surface area (Å²) in [6, 6.07) is 10.4. The molecule has 0 spiro atoms. The fourth-order valence-electron chi connectivity index (χ4n) is 3.12. The van der Waals surface area contributed by atoms with E-state index in [1.807, 2.05) is 18.2 Å². The predicted octanol–water partition coefficient (Wildman–Crippen LogP) is 2.68. The van der Waals surface area contributed by atoms with Crippen LogP contribution in [-0.2, 0) is 16.0 Å². The minimum atomic E-state index is -0.776. The van der Waals surface area contributed by atoms with E-state index in [0.29, 0.717) is 0 Å². The summed E-state index contributed by atoms with van der Waals surface area (Å²) in [5.74, 6) is -0.0147. The molecular formula is C16H23NO2. The van der Waals surface area contributed by atoms with Gasteiger partial charge in [0.25, 0.3) is 0 Å². The van der Waals surface area contributed by atoms with Crippen LogP contribution in [0.5, 0.6) is 0 Å². The Hall–Kier alpha value is -1.35. The highest BCUT2D eigenvalue weighted by Crippen LogP contribution is 2.35. The summed E-state index contributed by atoms with van der Waals surface area (Å²) in [5.41, 5.74) is 6.88. The van der Waals surface area contributed by atoms with Crippen LogP contribution in [0.2, 0.25) is 0 Å². The molecule has 0 radical (unpaired) electrons. The van der Waals surface area contributed by atoms with E-state index in [4.69, 9.17) is 10.5 Å². The summed E-state index contributed by atoms with van der Waals surface area (Å²) in [5, 5.41) is 0. The minimum Gasteiger partial charge on any atom is -0.468 e. The summed E-state index contributed by atoms with van der Waals surface area (Å²) in [6.45, 7) is 0. The van der Waals surface area contributed by atoms with Crippen molar-refractivity contribution in [3.05, 3.63) is 35.9 Å². The van der Waals surface area contributed by atoms with Crippen LogP contribution >= 0.6 is 0 Å². The van der Waals surface area contributed by atoms with Crippen molar-refractivity contribution >= 4 is 5.97 Å². The average Bonchev–Trinajstić information content (AvgIpc) is 2.46. The second-order valence-corrected chi connectivity index (χ2v) is 5.50. The van der Waals surface area contributed by atoms with E-state index in [0.717, 1.165) is 38.5 Å². The van der Waals surface area contributed by atoms with Crippen molar-refractivity contribution in [3.8, 4) is 0 Å². The Balaban J connectivity index is 2.02. The Bertz CT molecular complexity index is 418. The average molecular weight is 261 g/mol. The Morgan fingerprint density at radius 3 is 2.79 bits per heavy atom. The zero-order chi connectivity index (χ0) is 13.7. The molecule has 1 aliphatic carbocycles. The molecule has 3 heteroatoms. The predicted molar refractivity (Wildman–Crippen MR) is 75.7 cm³/mol. The highest BCUT2D eigenvalue weighted by atomic mass is 16.5. The molecule has 0 aromatic heterocycles. The lowest BCUT2D eigenvalue weighted by Gasteiger charge is -2.38. The lowest BCUT2D eigenvalue weighted by molar-refractivity contribution is -0.151. The molecule has 0 aliphatic heterocycles. The third-order valence-electron chi connectivity index (χ3n) is 4.31. The Kier molecular flexibility index (Phi) is 4.59. The van der Waals surface area contributed by atoms with E-state index in [1.165, 1.54) is 12.7 Å². The van der Waals surface area contributed by atoms with Crippen LogP contribution in [0.4, 0.5) is 0 Å². The van der Waals surface area contributed by atoms with E-state index < -0.39 is 5.54 Å². The van der Waals surface area contributed by atoms with Gasteiger partial charge in [0.15, 0.2) is 0 Å². The molecule has 104 valence electrons. The van der Waals surface area contributed by atoms with Crippen molar-refractivity contribution in [1.82, 2.24) is 0 Å². The molecule has 1 aromatic carbocycles. The first kappa shape index (κ1) is 14.1. The molecule has 1 fully saturated rings. The number of hydrogen-bond donors (Lipinski definition) is 1. The lowest BCUT2D eigenvalue weighted by atomic mass is 9.71. The fourth-order valence-corrected chi connectivity index (χ4v) is 3.12. The highest BCUT2D eigenvalue weighted by molar-refractivity contribution is 5.81. The monoisotopic (exact) mass is 261 g/mol. The zero-order valence-corrected chi connectivity index (χ0v) is 11.6. The molecule has 2 N–H and O–H groups in total. The van der Waals surface area contributed by atoms with Crippen molar-refractivity contribution in [2.24, 2.45) is 11.7 Å². The lowest BCUT2D eigenvalue weighted by Crippen LogP contribution is -2.56. The number of carbonyl (C=O) groups excluding carboxylic acids is 1. The van der Waals surface area contributed by atoms with Crippen molar-refractivity contribution in [1.29, 1.82) is 0 Å². The second kappa shape index (κ2) is 6.20. The number of carbonyl (C=O) groups is 1. The first-order valence-electron chi connectivity index (χ1n) is 7.08. The maximum Gasteiger partial charge on any atom is 0.326 e. The van der Waals surface area contributed by atoms with E-state index in [2.05, 4.69) is 12.1 Å². The molecule has 3 nitrogen and oxygen atoms in total. The molecular weight excluding hydrogens is 238 g/mol. The van der Waals surface area contributed by atoms with E-state index in [-0.39, 0.29) is 11.9 Å². The van der Waals surface area contributed by atoms with Gasteiger partial charge >= 0.3 is 5.97 Å². The van der Waals surface area contributed by atoms with Crippen LogP contribution in [0.1, 0.15) is 37.7 Å². The van der Waals surface area contributed by atoms with Crippen molar-refractivity contribution in [3.63, 3.8) is 0 Å². The molecule has 2 rings (SSSR count). The third kappa shape index (κ3) is 3.16. The first-order valence-corrected chi connectivity index (χ1v) is 7.08. The van der Waals surface area contributed by atoms with Gasteiger partial charge in [0.05, 0.1) is 7.11 Å². The number of methoxy groups -OCH3 is 1. The van der Waals surface area contributed by atoms with Crippen LogP contribution in [0.3, 0.4) is 0 Å². The van der Waals surface area contributed by atoms with Gasteiger partial charge in [-0.3, -0.25) is 4.79 Å². The van der Waals surface area contributed by atoms with Crippen LogP contribution in [0, 0.1) is 5.92 Å². The first-order chi connectivity index (χ1) is 9.16. The van der Waals surface area contributed by atoms with Gasteiger partial charge < -0.3 is 10.5 Å². The Morgan fingerprint density at radius 2 is 2.11 bits per heavy atom. The SMILES string of the molecule is COC(=O)C1(N)CCCCC1CCc1ccccc1. The normalized spacial score (nSPS) is 26.9. The number of hydrogen-bond acceptors (Lipinski definition) is 3.